The van der Waals surface area contributed by atoms with Gasteiger partial charge in [0.2, 0.25) is 0 Å². The quantitative estimate of drug-likeness (QED) is 0.757. The van der Waals surface area contributed by atoms with E-state index in [4.69, 9.17) is 4.74 Å². The molecular formula is C17H20N2O5. The standard InChI is InChI=1S/C17H20N2O5/c1-9-3-10(2)5-11(4-9)12-7-19(17(23)18-16(12)22)15-6-13(21)14(8-20)24-15/h3-5,7,13-15,20-21H,6,8H2,1-2H3,(H,18,22,23)/t13-,14+,15+/m0/s1. The van der Waals surface area contributed by atoms with Gasteiger partial charge < -0.3 is 14.9 Å². The molecule has 0 aliphatic carbocycles. The molecule has 0 spiro atoms. The number of rotatable bonds is 3. The Morgan fingerprint density at radius 2 is 1.92 bits per heavy atom. The maximum atomic E-state index is 12.2. The monoisotopic (exact) mass is 332 g/mol. The van der Waals surface area contributed by atoms with Gasteiger partial charge in [0.25, 0.3) is 5.56 Å². The predicted molar refractivity (Wildman–Crippen MR) is 87.9 cm³/mol. The summed E-state index contributed by atoms with van der Waals surface area (Å²) >= 11 is 0. The lowest BCUT2D eigenvalue weighted by Crippen LogP contribution is -2.33. The van der Waals surface area contributed by atoms with E-state index in [1.165, 1.54) is 10.8 Å². The van der Waals surface area contributed by atoms with Crippen LogP contribution in [0.25, 0.3) is 11.1 Å². The van der Waals surface area contributed by atoms with E-state index < -0.39 is 29.7 Å². The van der Waals surface area contributed by atoms with Gasteiger partial charge in [0.15, 0.2) is 0 Å². The van der Waals surface area contributed by atoms with E-state index in [-0.39, 0.29) is 13.0 Å². The fourth-order valence-corrected chi connectivity index (χ4v) is 3.09. The Balaban J connectivity index is 2.07. The molecule has 0 bridgehead atoms. The Labute approximate surface area is 138 Å². The Hall–Kier alpha value is -2.22. The Kier molecular flexibility index (Phi) is 4.40. The molecule has 1 fully saturated rings. The summed E-state index contributed by atoms with van der Waals surface area (Å²) in [5, 5.41) is 19.0. The molecule has 3 rings (SSSR count). The van der Waals surface area contributed by atoms with Gasteiger partial charge in [-0.3, -0.25) is 14.3 Å². The Bertz CT molecular complexity index is 850. The zero-order valence-electron chi connectivity index (χ0n) is 13.5. The molecular weight excluding hydrogens is 312 g/mol. The number of nitrogens with zero attached hydrogens (tertiary/aromatic N) is 1. The van der Waals surface area contributed by atoms with Gasteiger partial charge >= 0.3 is 5.69 Å². The molecule has 3 N–H and O–H groups in total. The molecule has 0 radical (unpaired) electrons. The van der Waals surface area contributed by atoms with Crippen LogP contribution in [0.5, 0.6) is 0 Å². The number of aryl methyl sites for hydroxylation is 2. The summed E-state index contributed by atoms with van der Waals surface area (Å²) in [5.41, 5.74) is 2.00. The van der Waals surface area contributed by atoms with Gasteiger partial charge in [0.05, 0.1) is 18.3 Å². The number of nitrogens with one attached hydrogen (secondary N) is 1. The van der Waals surface area contributed by atoms with Crippen LogP contribution in [0.3, 0.4) is 0 Å². The Morgan fingerprint density at radius 3 is 2.50 bits per heavy atom. The predicted octanol–water partition coefficient (Wildman–Crippen LogP) is 0.461. The van der Waals surface area contributed by atoms with Crippen LogP contribution in [-0.4, -0.2) is 38.6 Å². The van der Waals surface area contributed by atoms with Crippen LogP contribution in [0.15, 0.2) is 34.0 Å². The minimum Gasteiger partial charge on any atom is -0.394 e. The van der Waals surface area contributed by atoms with Gasteiger partial charge in [-0.15, -0.1) is 0 Å². The molecule has 7 heteroatoms. The minimum absolute atomic E-state index is 0.170. The first-order valence-electron chi connectivity index (χ1n) is 7.77. The van der Waals surface area contributed by atoms with Crippen LogP contribution in [0, 0.1) is 13.8 Å². The van der Waals surface area contributed by atoms with Gasteiger partial charge in [0.1, 0.15) is 12.3 Å². The third-order valence-electron chi connectivity index (χ3n) is 4.19. The fraction of sp³-hybridized carbons (Fsp3) is 0.412. The number of aromatic amines is 1. The molecule has 0 amide bonds. The van der Waals surface area contributed by atoms with E-state index in [0.717, 1.165) is 11.1 Å². The van der Waals surface area contributed by atoms with E-state index in [2.05, 4.69) is 4.98 Å². The highest BCUT2D eigenvalue weighted by atomic mass is 16.5. The van der Waals surface area contributed by atoms with Crippen molar-refractivity contribution < 1.29 is 14.9 Å². The van der Waals surface area contributed by atoms with Crippen molar-refractivity contribution in [2.45, 2.75) is 38.7 Å². The van der Waals surface area contributed by atoms with Crippen molar-refractivity contribution in [1.82, 2.24) is 9.55 Å². The topological polar surface area (TPSA) is 105 Å². The summed E-state index contributed by atoms with van der Waals surface area (Å²) < 4.78 is 6.77. The highest BCUT2D eigenvalue weighted by Gasteiger charge is 2.35. The number of aliphatic hydroxyl groups is 2. The van der Waals surface area contributed by atoms with Crippen LogP contribution in [0.1, 0.15) is 23.8 Å². The third-order valence-corrected chi connectivity index (χ3v) is 4.19. The summed E-state index contributed by atoms with van der Waals surface area (Å²) in [6.07, 6.45) is -0.705. The molecule has 1 aliphatic heterocycles. The number of aromatic nitrogens is 2. The highest BCUT2D eigenvalue weighted by Crippen LogP contribution is 2.28. The zero-order valence-corrected chi connectivity index (χ0v) is 13.5. The van der Waals surface area contributed by atoms with E-state index in [0.29, 0.717) is 11.1 Å². The molecule has 128 valence electrons. The summed E-state index contributed by atoms with van der Waals surface area (Å²) in [4.78, 5) is 26.6. The van der Waals surface area contributed by atoms with Gasteiger partial charge in [-0.1, -0.05) is 29.3 Å². The number of hydrogen-bond acceptors (Lipinski definition) is 5. The second-order valence-electron chi connectivity index (χ2n) is 6.20. The molecule has 7 nitrogen and oxygen atoms in total. The molecule has 1 aromatic heterocycles. The SMILES string of the molecule is Cc1cc(C)cc(-c2cn([C@H]3C[C@H](O)[C@@H](CO)O3)c(=O)[nH]c2=O)c1. The summed E-state index contributed by atoms with van der Waals surface area (Å²) in [6, 6.07) is 5.73. The smallest absolute Gasteiger partial charge is 0.330 e. The normalized spacial score (nSPS) is 23.6. The minimum atomic E-state index is -0.858. The van der Waals surface area contributed by atoms with Crippen molar-refractivity contribution in [3.63, 3.8) is 0 Å². The maximum Gasteiger partial charge on any atom is 0.330 e. The van der Waals surface area contributed by atoms with Crippen LogP contribution in [0.4, 0.5) is 0 Å². The third kappa shape index (κ3) is 3.06. The van der Waals surface area contributed by atoms with Crippen LogP contribution < -0.4 is 11.2 Å². The fourth-order valence-electron chi connectivity index (χ4n) is 3.09. The van der Waals surface area contributed by atoms with E-state index in [1.807, 2.05) is 32.0 Å². The number of benzene rings is 1. The lowest BCUT2D eigenvalue weighted by Gasteiger charge is -2.15. The molecule has 2 heterocycles. The van der Waals surface area contributed by atoms with Gasteiger partial charge in [-0.2, -0.15) is 0 Å². The molecule has 3 atom stereocenters. The van der Waals surface area contributed by atoms with Gasteiger partial charge in [0, 0.05) is 12.6 Å². The molecule has 1 aliphatic rings. The van der Waals surface area contributed by atoms with Crippen molar-refractivity contribution in [3.8, 4) is 11.1 Å². The van der Waals surface area contributed by atoms with Crippen molar-refractivity contribution in [2.24, 2.45) is 0 Å². The van der Waals surface area contributed by atoms with E-state index in [1.54, 1.807) is 0 Å². The van der Waals surface area contributed by atoms with E-state index in [9.17, 15) is 19.8 Å². The molecule has 1 saturated heterocycles. The number of aliphatic hydroxyl groups excluding tert-OH is 2. The average Bonchev–Trinajstić information content (AvgIpc) is 2.87. The molecule has 24 heavy (non-hydrogen) atoms. The van der Waals surface area contributed by atoms with Gasteiger partial charge in [-0.05, 0) is 19.4 Å². The van der Waals surface area contributed by atoms with Crippen LogP contribution >= 0.6 is 0 Å². The maximum absolute atomic E-state index is 12.2. The number of ether oxygens (including phenoxy) is 1. The second-order valence-corrected chi connectivity index (χ2v) is 6.20. The lowest BCUT2D eigenvalue weighted by atomic mass is 10.0. The number of H-pyrrole nitrogens is 1. The van der Waals surface area contributed by atoms with Crippen molar-refractivity contribution in [1.29, 1.82) is 0 Å². The summed E-state index contributed by atoms with van der Waals surface area (Å²) in [5.74, 6) is 0. The first-order chi connectivity index (χ1) is 11.4. The molecule has 1 aromatic carbocycles. The lowest BCUT2D eigenvalue weighted by molar-refractivity contribution is -0.0458. The van der Waals surface area contributed by atoms with Crippen molar-refractivity contribution in [3.05, 3.63) is 56.4 Å². The molecule has 2 aromatic rings. The second kappa shape index (κ2) is 6.35. The summed E-state index contributed by atoms with van der Waals surface area (Å²) in [7, 11) is 0. The highest BCUT2D eigenvalue weighted by molar-refractivity contribution is 5.63. The Morgan fingerprint density at radius 1 is 1.25 bits per heavy atom. The van der Waals surface area contributed by atoms with Gasteiger partial charge in [-0.25, -0.2) is 4.79 Å². The van der Waals surface area contributed by atoms with Crippen molar-refractivity contribution >= 4 is 0 Å². The first-order valence-corrected chi connectivity index (χ1v) is 7.77. The van der Waals surface area contributed by atoms with Crippen molar-refractivity contribution in [2.75, 3.05) is 6.61 Å². The number of hydrogen-bond donors (Lipinski definition) is 3. The van der Waals surface area contributed by atoms with Crippen LogP contribution in [-0.2, 0) is 4.74 Å². The zero-order chi connectivity index (χ0) is 17.4. The summed E-state index contributed by atoms with van der Waals surface area (Å²) in [6.45, 7) is 3.53. The van der Waals surface area contributed by atoms with E-state index >= 15 is 0 Å². The van der Waals surface area contributed by atoms with Crippen LogP contribution in [0.2, 0.25) is 0 Å². The molecule has 0 unspecified atom stereocenters. The largest absolute Gasteiger partial charge is 0.394 e. The molecule has 0 saturated carbocycles. The average molecular weight is 332 g/mol. The first kappa shape index (κ1) is 16.6.